The molecule has 0 aromatic rings. The fraction of sp³-hybridized carbons (Fsp3) is 0.615. The molecule has 0 heterocycles. The molecule has 1 aliphatic carbocycles. The van der Waals surface area contributed by atoms with Crippen molar-refractivity contribution in [2.75, 3.05) is 0 Å². The SMILES string of the molecule is CC/C=C\C[C@H](C/C=C1/C(=O)C=C[C@H]1C/C=C\CCCC(=O)O)O[Si](C)(C)C(C)(C)C. The number of ketones is 1. The molecule has 0 saturated carbocycles. The van der Waals surface area contributed by atoms with E-state index in [1.165, 1.54) is 0 Å². The first-order valence-electron chi connectivity index (χ1n) is 11.6. The number of hydrogen-bond donors (Lipinski definition) is 1. The Hall–Kier alpha value is -1.72. The summed E-state index contributed by atoms with van der Waals surface area (Å²) in [5.74, 6) is -0.562. The number of rotatable bonds is 13. The van der Waals surface area contributed by atoms with E-state index in [1.54, 1.807) is 6.08 Å². The van der Waals surface area contributed by atoms with Crippen molar-refractivity contribution >= 4 is 20.1 Å². The number of carbonyl (C=O) groups is 2. The summed E-state index contributed by atoms with van der Waals surface area (Å²) in [6.45, 7) is 13.4. The largest absolute Gasteiger partial charge is 0.481 e. The molecule has 31 heavy (non-hydrogen) atoms. The summed E-state index contributed by atoms with van der Waals surface area (Å²) in [6, 6.07) is 0. The fourth-order valence-electron chi connectivity index (χ4n) is 3.23. The van der Waals surface area contributed by atoms with Gasteiger partial charge in [-0.25, -0.2) is 0 Å². The highest BCUT2D eigenvalue weighted by Gasteiger charge is 2.38. The third kappa shape index (κ3) is 9.96. The van der Waals surface area contributed by atoms with Crippen LogP contribution < -0.4 is 0 Å². The van der Waals surface area contributed by atoms with Crippen LogP contribution in [0.2, 0.25) is 18.1 Å². The van der Waals surface area contributed by atoms with Crippen molar-refractivity contribution in [1.82, 2.24) is 0 Å². The number of carboxylic acid groups (broad SMARTS) is 1. The quantitative estimate of drug-likeness (QED) is 0.143. The summed E-state index contributed by atoms with van der Waals surface area (Å²) in [5.41, 5.74) is 0.860. The molecule has 174 valence electrons. The Bertz CT molecular complexity index is 707. The van der Waals surface area contributed by atoms with Gasteiger partial charge in [0.25, 0.3) is 0 Å². The average molecular weight is 447 g/mol. The maximum atomic E-state index is 12.4. The van der Waals surface area contributed by atoms with E-state index >= 15 is 0 Å². The van der Waals surface area contributed by atoms with Crippen LogP contribution >= 0.6 is 0 Å². The Kier molecular flexibility index (Phi) is 11.4. The molecule has 0 aliphatic heterocycles. The van der Waals surface area contributed by atoms with Crippen LogP contribution in [0.5, 0.6) is 0 Å². The predicted molar refractivity (Wildman–Crippen MR) is 132 cm³/mol. The monoisotopic (exact) mass is 446 g/mol. The van der Waals surface area contributed by atoms with Crippen molar-refractivity contribution in [3.05, 3.63) is 48.1 Å². The highest BCUT2D eigenvalue weighted by molar-refractivity contribution is 6.74. The molecule has 0 fully saturated rings. The van der Waals surface area contributed by atoms with Gasteiger partial charge in [0.1, 0.15) is 0 Å². The summed E-state index contributed by atoms with van der Waals surface area (Å²) >= 11 is 0. The lowest BCUT2D eigenvalue weighted by Gasteiger charge is -2.39. The third-order valence-corrected chi connectivity index (χ3v) is 10.7. The van der Waals surface area contributed by atoms with Crippen LogP contribution in [-0.4, -0.2) is 31.3 Å². The summed E-state index contributed by atoms with van der Waals surface area (Å²) in [5, 5.41) is 8.85. The average Bonchev–Trinajstić information content (AvgIpc) is 3.01. The lowest BCUT2D eigenvalue weighted by atomic mass is 9.96. The molecule has 0 aromatic carbocycles. The molecule has 0 aromatic heterocycles. The molecule has 0 saturated heterocycles. The van der Waals surface area contributed by atoms with E-state index in [0.29, 0.717) is 6.42 Å². The molecule has 1 N–H and O–H groups in total. The van der Waals surface area contributed by atoms with Gasteiger partial charge in [-0.05, 0) is 62.7 Å². The van der Waals surface area contributed by atoms with E-state index in [1.807, 2.05) is 12.2 Å². The highest BCUT2D eigenvalue weighted by atomic mass is 28.4. The molecular formula is C26H42O4Si. The molecule has 0 spiro atoms. The first-order chi connectivity index (χ1) is 14.5. The molecule has 0 amide bonds. The lowest BCUT2D eigenvalue weighted by Crippen LogP contribution is -2.43. The smallest absolute Gasteiger partial charge is 0.303 e. The van der Waals surface area contributed by atoms with Gasteiger partial charge in [-0.1, -0.05) is 64.2 Å². The van der Waals surface area contributed by atoms with Gasteiger partial charge in [0.2, 0.25) is 0 Å². The molecule has 0 radical (unpaired) electrons. The summed E-state index contributed by atoms with van der Waals surface area (Å²) in [6.07, 6.45) is 19.3. The Morgan fingerprint density at radius 2 is 1.90 bits per heavy atom. The molecule has 0 unspecified atom stereocenters. The van der Waals surface area contributed by atoms with Gasteiger partial charge >= 0.3 is 5.97 Å². The zero-order valence-electron chi connectivity index (χ0n) is 20.3. The zero-order chi connectivity index (χ0) is 23.5. The van der Waals surface area contributed by atoms with Crippen LogP contribution in [0.4, 0.5) is 0 Å². The number of unbranched alkanes of at least 4 members (excludes halogenated alkanes) is 1. The first kappa shape index (κ1) is 27.3. The van der Waals surface area contributed by atoms with Crippen molar-refractivity contribution in [2.45, 2.75) is 96.9 Å². The van der Waals surface area contributed by atoms with E-state index in [2.05, 4.69) is 65.1 Å². The standard InChI is InChI=1S/C26H42O4Si/c1-7-8-11-15-22(30-31(5,6)26(2,3)4)18-19-23-21(17-20-24(23)27)14-12-9-10-13-16-25(28)29/h8-9,11-12,17,19-22H,7,10,13-16,18H2,1-6H3,(H,28,29)/b11-8-,12-9-,23-19+/t21-,22-/m1/s1. The Balaban J connectivity index is 2.79. The maximum Gasteiger partial charge on any atom is 0.303 e. The summed E-state index contributed by atoms with van der Waals surface area (Å²) in [4.78, 5) is 23.0. The van der Waals surface area contributed by atoms with Crippen LogP contribution in [0.15, 0.2) is 48.1 Å². The summed E-state index contributed by atoms with van der Waals surface area (Å²) in [7, 11) is -1.90. The molecule has 4 nitrogen and oxygen atoms in total. The van der Waals surface area contributed by atoms with Crippen LogP contribution in [0, 0.1) is 5.92 Å². The number of carbonyl (C=O) groups excluding carboxylic acids is 1. The van der Waals surface area contributed by atoms with Gasteiger partial charge in [-0.3, -0.25) is 9.59 Å². The van der Waals surface area contributed by atoms with Gasteiger partial charge < -0.3 is 9.53 Å². The topological polar surface area (TPSA) is 63.6 Å². The summed E-state index contributed by atoms with van der Waals surface area (Å²) < 4.78 is 6.67. The zero-order valence-corrected chi connectivity index (χ0v) is 21.3. The van der Waals surface area contributed by atoms with Gasteiger partial charge in [0.05, 0.1) is 6.10 Å². The van der Waals surface area contributed by atoms with Gasteiger partial charge in [0, 0.05) is 17.9 Å². The number of aliphatic carboxylic acids is 1. The Morgan fingerprint density at radius 1 is 1.19 bits per heavy atom. The van der Waals surface area contributed by atoms with Crippen LogP contribution in [-0.2, 0) is 14.0 Å². The van der Waals surface area contributed by atoms with E-state index in [9.17, 15) is 9.59 Å². The van der Waals surface area contributed by atoms with E-state index in [-0.39, 0.29) is 29.3 Å². The van der Waals surface area contributed by atoms with E-state index in [0.717, 1.165) is 37.7 Å². The van der Waals surface area contributed by atoms with Crippen LogP contribution in [0.1, 0.15) is 72.6 Å². The van der Waals surface area contributed by atoms with Crippen molar-refractivity contribution in [3.63, 3.8) is 0 Å². The van der Waals surface area contributed by atoms with Crippen LogP contribution in [0.25, 0.3) is 0 Å². The van der Waals surface area contributed by atoms with Gasteiger partial charge in [0.15, 0.2) is 14.1 Å². The first-order valence-corrected chi connectivity index (χ1v) is 14.5. The highest BCUT2D eigenvalue weighted by Crippen LogP contribution is 2.38. The number of allylic oxidation sites excluding steroid dienone is 6. The minimum atomic E-state index is -1.90. The molecular weight excluding hydrogens is 404 g/mol. The molecule has 1 rings (SSSR count). The second-order valence-electron chi connectivity index (χ2n) is 9.83. The molecule has 1 aliphatic rings. The van der Waals surface area contributed by atoms with Crippen molar-refractivity contribution in [2.24, 2.45) is 5.92 Å². The van der Waals surface area contributed by atoms with Gasteiger partial charge in [-0.15, -0.1) is 0 Å². The molecule has 0 bridgehead atoms. The second-order valence-corrected chi connectivity index (χ2v) is 14.6. The van der Waals surface area contributed by atoms with Crippen molar-refractivity contribution in [1.29, 1.82) is 0 Å². The van der Waals surface area contributed by atoms with Crippen molar-refractivity contribution in [3.8, 4) is 0 Å². The number of hydrogen-bond acceptors (Lipinski definition) is 3. The third-order valence-electron chi connectivity index (χ3n) is 6.15. The minimum Gasteiger partial charge on any atom is -0.481 e. The van der Waals surface area contributed by atoms with E-state index < -0.39 is 14.3 Å². The Morgan fingerprint density at radius 3 is 2.52 bits per heavy atom. The van der Waals surface area contributed by atoms with Gasteiger partial charge in [-0.2, -0.15) is 0 Å². The van der Waals surface area contributed by atoms with Crippen LogP contribution in [0.3, 0.4) is 0 Å². The molecule has 2 atom stereocenters. The lowest BCUT2D eigenvalue weighted by molar-refractivity contribution is -0.137. The van der Waals surface area contributed by atoms with Crippen molar-refractivity contribution < 1.29 is 19.1 Å². The van der Waals surface area contributed by atoms with E-state index in [4.69, 9.17) is 9.53 Å². The molecule has 5 heteroatoms. The number of carboxylic acids is 1. The normalized spacial score (nSPS) is 19.9. The fourth-order valence-corrected chi connectivity index (χ4v) is 4.61. The second kappa shape index (κ2) is 13.0. The predicted octanol–water partition coefficient (Wildman–Crippen LogP) is 7.01. The minimum absolute atomic E-state index is 0.0804. The Labute approximate surface area is 190 Å². The maximum absolute atomic E-state index is 12.4.